The molecule has 0 saturated heterocycles. The summed E-state index contributed by atoms with van der Waals surface area (Å²) in [6, 6.07) is 0. The number of rotatable bonds is 5. The SMILES string of the molecule is CCOCC#CC[N+](C)(C)CC(=O)OC.[Br-]. The number of hydrogen-bond acceptors (Lipinski definition) is 3. The lowest BCUT2D eigenvalue weighted by atomic mass is 10.4. The Labute approximate surface area is 108 Å². The van der Waals surface area contributed by atoms with Crippen LogP contribution in [0.25, 0.3) is 0 Å². The molecule has 0 radical (unpaired) electrons. The Kier molecular flexibility index (Phi) is 10.7. The van der Waals surface area contributed by atoms with Crippen molar-refractivity contribution in [2.45, 2.75) is 6.92 Å². The van der Waals surface area contributed by atoms with E-state index in [0.717, 1.165) is 0 Å². The number of carbonyl (C=O) groups excluding carboxylic acids is 1. The summed E-state index contributed by atoms with van der Waals surface area (Å²) < 4.78 is 10.2. The highest BCUT2D eigenvalue weighted by molar-refractivity contribution is 5.70. The molecule has 16 heavy (non-hydrogen) atoms. The van der Waals surface area contributed by atoms with Crippen LogP contribution in [0.1, 0.15) is 6.92 Å². The summed E-state index contributed by atoms with van der Waals surface area (Å²) in [6.07, 6.45) is 0. The van der Waals surface area contributed by atoms with Crippen LogP contribution in [-0.4, -0.2) is 58.0 Å². The van der Waals surface area contributed by atoms with E-state index in [1.165, 1.54) is 7.11 Å². The molecule has 4 nitrogen and oxygen atoms in total. The van der Waals surface area contributed by atoms with E-state index < -0.39 is 0 Å². The second-order valence-corrected chi connectivity index (χ2v) is 3.82. The molecule has 0 aliphatic rings. The molecular formula is C11H20BrNO3. The highest BCUT2D eigenvalue weighted by Crippen LogP contribution is 1.95. The molecule has 0 atom stereocenters. The Hall–Kier alpha value is -0.570. The van der Waals surface area contributed by atoms with Crippen molar-refractivity contribution in [3.05, 3.63) is 0 Å². The van der Waals surface area contributed by atoms with Gasteiger partial charge in [-0.3, -0.25) is 0 Å². The van der Waals surface area contributed by atoms with Gasteiger partial charge in [0.1, 0.15) is 13.2 Å². The first-order chi connectivity index (χ1) is 7.02. The summed E-state index contributed by atoms with van der Waals surface area (Å²) in [4.78, 5) is 11.1. The summed E-state index contributed by atoms with van der Waals surface area (Å²) in [7, 11) is 5.27. The van der Waals surface area contributed by atoms with E-state index in [1.807, 2.05) is 21.0 Å². The minimum atomic E-state index is -0.216. The molecule has 0 aliphatic carbocycles. The number of likely N-dealkylation sites (N-methyl/N-ethyl adjacent to an activating group) is 1. The van der Waals surface area contributed by atoms with Crippen LogP contribution in [0.4, 0.5) is 0 Å². The first-order valence-corrected chi connectivity index (χ1v) is 4.94. The molecule has 0 aromatic rings. The second-order valence-electron chi connectivity index (χ2n) is 3.82. The Morgan fingerprint density at radius 2 is 1.94 bits per heavy atom. The molecule has 0 bridgehead atoms. The maximum atomic E-state index is 11.1. The summed E-state index contributed by atoms with van der Waals surface area (Å²) >= 11 is 0. The molecule has 0 fully saturated rings. The van der Waals surface area contributed by atoms with Gasteiger partial charge in [-0.2, -0.15) is 0 Å². The minimum absolute atomic E-state index is 0. The molecule has 5 heteroatoms. The van der Waals surface area contributed by atoms with E-state index in [2.05, 4.69) is 16.6 Å². The summed E-state index contributed by atoms with van der Waals surface area (Å²) in [5.41, 5.74) is 0. The normalized spacial score (nSPS) is 9.75. The van der Waals surface area contributed by atoms with Gasteiger partial charge in [-0.15, -0.1) is 0 Å². The van der Waals surface area contributed by atoms with Crippen LogP contribution in [0.3, 0.4) is 0 Å². The van der Waals surface area contributed by atoms with Gasteiger partial charge in [0.15, 0.2) is 6.54 Å². The van der Waals surface area contributed by atoms with Crippen LogP contribution >= 0.6 is 0 Å². The topological polar surface area (TPSA) is 35.5 Å². The zero-order valence-corrected chi connectivity index (χ0v) is 12.0. The average Bonchev–Trinajstić information content (AvgIpc) is 2.16. The number of hydrogen-bond donors (Lipinski definition) is 0. The van der Waals surface area contributed by atoms with E-state index in [-0.39, 0.29) is 23.0 Å². The van der Waals surface area contributed by atoms with Gasteiger partial charge in [-0.25, -0.2) is 4.79 Å². The standard InChI is InChI=1S/C11H20NO3.BrH/c1-5-15-9-7-6-8-12(2,3)10-11(13)14-4;/h5,8-10H2,1-4H3;1H/q+1;/p-1. The first-order valence-electron chi connectivity index (χ1n) is 4.94. The van der Waals surface area contributed by atoms with Crippen LogP contribution in [-0.2, 0) is 14.3 Å². The Morgan fingerprint density at radius 3 is 2.44 bits per heavy atom. The zero-order chi connectivity index (χ0) is 11.7. The third-order valence-electron chi connectivity index (χ3n) is 1.80. The van der Waals surface area contributed by atoms with Crippen LogP contribution < -0.4 is 17.0 Å². The molecule has 0 unspecified atom stereocenters. The van der Waals surface area contributed by atoms with Crippen molar-refractivity contribution < 1.29 is 35.7 Å². The predicted molar refractivity (Wildman–Crippen MR) is 58.1 cm³/mol. The van der Waals surface area contributed by atoms with Gasteiger partial charge in [-0.05, 0) is 12.8 Å². The Balaban J connectivity index is 0. The van der Waals surface area contributed by atoms with Crippen molar-refractivity contribution >= 4 is 5.97 Å². The molecule has 0 aromatic carbocycles. The van der Waals surface area contributed by atoms with Crippen LogP contribution in [0.5, 0.6) is 0 Å². The molecule has 0 aliphatic heterocycles. The fraction of sp³-hybridized carbons (Fsp3) is 0.727. The summed E-state index contributed by atoms with van der Waals surface area (Å²) in [5, 5.41) is 0. The van der Waals surface area contributed by atoms with Gasteiger partial charge in [-0.1, -0.05) is 5.92 Å². The minimum Gasteiger partial charge on any atom is -1.00 e. The van der Waals surface area contributed by atoms with Gasteiger partial charge < -0.3 is 30.9 Å². The van der Waals surface area contributed by atoms with Crippen molar-refractivity contribution in [1.82, 2.24) is 0 Å². The maximum absolute atomic E-state index is 11.1. The molecule has 0 N–H and O–H groups in total. The molecule has 0 rings (SSSR count). The Morgan fingerprint density at radius 1 is 1.31 bits per heavy atom. The number of quaternary nitrogens is 1. The number of carbonyl (C=O) groups is 1. The van der Waals surface area contributed by atoms with Gasteiger partial charge >= 0.3 is 5.97 Å². The molecule has 94 valence electrons. The van der Waals surface area contributed by atoms with E-state index in [4.69, 9.17) is 4.74 Å². The molecule has 0 aromatic heterocycles. The smallest absolute Gasteiger partial charge is 0.361 e. The van der Waals surface area contributed by atoms with Crippen molar-refractivity contribution in [2.75, 3.05) is 47.5 Å². The fourth-order valence-corrected chi connectivity index (χ4v) is 0.944. The van der Waals surface area contributed by atoms with Gasteiger partial charge in [0, 0.05) is 6.61 Å². The zero-order valence-electron chi connectivity index (χ0n) is 10.4. The van der Waals surface area contributed by atoms with Crippen molar-refractivity contribution in [1.29, 1.82) is 0 Å². The van der Waals surface area contributed by atoms with E-state index in [0.29, 0.717) is 30.8 Å². The maximum Gasteiger partial charge on any atom is 0.361 e. The quantitative estimate of drug-likeness (QED) is 0.239. The van der Waals surface area contributed by atoms with Gasteiger partial charge in [0.05, 0.1) is 21.2 Å². The monoisotopic (exact) mass is 293 g/mol. The molecular weight excluding hydrogens is 274 g/mol. The molecule has 0 saturated carbocycles. The second kappa shape index (κ2) is 9.64. The van der Waals surface area contributed by atoms with E-state index >= 15 is 0 Å². The van der Waals surface area contributed by atoms with Crippen molar-refractivity contribution in [2.24, 2.45) is 0 Å². The lowest BCUT2D eigenvalue weighted by Crippen LogP contribution is -3.00. The number of nitrogens with zero attached hydrogens (tertiary/aromatic N) is 1. The molecule has 0 amide bonds. The highest BCUT2D eigenvalue weighted by Gasteiger charge is 2.18. The summed E-state index contributed by atoms with van der Waals surface area (Å²) in [6.45, 7) is 4.00. The highest BCUT2D eigenvalue weighted by atomic mass is 79.9. The summed E-state index contributed by atoms with van der Waals surface area (Å²) in [5.74, 6) is 5.66. The lowest BCUT2D eigenvalue weighted by molar-refractivity contribution is -0.875. The van der Waals surface area contributed by atoms with Crippen LogP contribution in [0.2, 0.25) is 0 Å². The Bertz CT molecular complexity index is 256. The van der Waals surface area contributed by atoms with Crippen molar-refractivity contribution in [3.8, 4) is 11.8 Å². The third-order valence-corrected chi connectivity index (χ3v) is 1.80. The third kappa shape index (κ3) is 9.97. The first kappa shape index (κ1) is 17.8. The lowest BCUT2D eigenvalue weighted by Gasteiger charge is -2.25. The fourth-order valence-electron chi connectivity index (χ4n) is 0.944. The van der Waals surface area contributed by atoms with Gasteiger partial charge in [0.2, 0.25) is 0 Å². The van der Waals surface area contributed by atoms with Crippen molar-refractivity contribution in [3.63, 3.8) is 0 Å². The van der Waals surface area contributed by atoms with E-state index in [9.17, 15) is 4.79 Å². The van der Waals surface area contributed by atoms with Gasteiger partial charge in [0.25, 0.3) is 0 Å². The number of ether oxygens (including phenoxy) is 2. The molecule has 0 heterocycles. The predicted octanol–water partition coefficient (Wildman–Crippen LogP) is -2.72. The molecule has 0 spiro atoms. The largest absolute Gasteiger partial charge is 1.00 e. The number of halogens is 1. The number of esters is 1. The number of methoxy groups -OCH3 is 1. The average molecular weight is 294 g/mol. The van der Waals surface area contributed by atoms with E-state index in [1.54, 1.807) is 0 Å². The van der Waals surface area contributed by atoms with Crippen LogP contribution in [0.15, 0.2) is 0 Å². The van der Waals surface area contributed by atoms with Crippen LogP contribution in [0, 0.1) is 11.8 Å².